The molecule has 0 unspecified atom stereocenters. The van der Waals surface area contributed by atoms with Crippen molar-refractivity contribution in [1.29, 1.82) is 0 Å². The fourth-order valence-corrected chi connectivity index (χ4v) is 4.82. The fraction of sp³-hybridized carbons (Fsp3) is 0.400. The van der Waals surface area contributed by atoms with Gasteiger partial charge in [-0.25, -0.2) is 0 Å². The molecule has 2 aliphatic rings. The monoisotopic (exact) mass is 404 g/mol. The van der Waals surface area contributed by atoms with Crippen molar-refractivity contribution in [2.45, 2.75) is 43.9 Å². The Morgan fingerprint density at radius 1 is 1.03 bits per heavy atom. The number of carbonyl (C=O) groups excluding carboxylic acids is 1. The van der Waals surface area contributed by atoms with Crippen LogP contribution in [0.1, 0.15) is 41.8 Å². The van der Waals surface area contributed by atoms with Crippen molar-refractivity contribution in [3.8, 4) is 0 Å². The summed E-state index contributed by atoms with van der Waals surface area (Å²) in [5.41, 5.74) is 1.36. The zero-order chi connectivity index (χ0) is 20.4. The molecule has 2 aromatic carbocycles. The summed E-state index contributed by atoms with van der Waals surface area (Å²) in [6.07, 6.45) is 5.81. The van der Waals surface area contributed by atoms with Gasteiger partial charge in [0.25, 0.3) is 5.91 Å². The highest BCUT2D eigenvalue weighted by molar-refractivity contribution is 5.91. The van der Waals surface area contributed by atoms with Crippen LogP contribution in [0.3, 0.4) is 0 Å². The fourth-order valence-electron chi connectivity index (χ4n) is 4.82. The van der Waals surface area contributed by atoms with E-state index in [0.717, 1.165) is 45.3 Å². The smallest absolute Gasteiger partial charge is 0.287 e. The molecule has 1 spiro atoms. The standard InChI is InChI=1S/C25H28N2O3/c28-24(23-6-3-15-29-23)26-17-22-9-10-25(30-22)11-13-27(14-12-25)18-19-7-8-20-4-1-2-5-21(20)16-19/h1-8,15-16,22H,9-14,17-18H2,(H,26,28)/t22-/m1/s1. The number of carbonyl (C=O) groups is 1. The van der Waals surface area contributed by atoms with Crippen molar-refractivity contribution in [2.75, 3.05) is 19.6 Å². The van der Waals surface area contributed by atoms with E-state index in [1.165, 1.54) is 22.6 Å². The van der Waals surface area contributed by atoms with Crippen LogP contribution in [-0.4, -0.2) is 42.1 Å². The van der Waals surface area contributed by atoms with E-state index < -0.39 is 0 Å². The summed E-state index contributed by atoms with van der Waals surface area (Å²) in [6, 6.07) is 18.7. The normalized spacial score (nSPS) is 21.3. The van der Waals surface area contributed by atoms with Crippen LogP contribution in [0.5, 0.6) is 0 Å². The van der Waals surface area contributed by atoms with E-state index in [9.17, 15) is 4.79 Å². The van der Waals surface area contributed by atoms with Crippen molar-refractivity contribution in [2.24, 2.45) is 0 Å². The minimum Gasteiger partial charge on any atom is -0.459 e. The van der Waals surface area contributed by atoms with Crippen LogP contribution in [0.15, 0.2) is 65.3 Å². The predicted molar refractivity (Wildman–Crippen MR) is 116 cm³/mol. The van der Waals surface area contributed by atoms with Gasteiger partial charge in [0.15, 0.2) is 5.76 Å². The first-order valence-corrected chi connectivity index (χ1v) is 10.9. The highest BCUT2D eigenvalue weighted by Crippen LogP contribution is 2.39. The molecule has 0 aliphatic carbocycles. The number of piperidine rings is 1. The molecule has 1 atom stereocenters. The molecule has 2 aliphatic heterocycles. The lowest BCUT2D eigenvalue weighted by Gasteiger charge is -2.39. The number of hydrogen-bond acceptors (Lipinski definition) is 4. The van der Waals surface area contributed by atoms with E-state index in [0.29, 0.717) is 12.3 Å². The maximum Gasteiger partial charge on any atom is 0.287 e. The lowest BCUT2D eigenvalue weighted by Crippen LogP contribution is -2.44. The lowest BCUT2D eigenvalue weighted by molar-refractivity contribution is -0.0764. The van der Waals surface area contributed by atoms with E-state index in [-0.39, 0.29) is 17.6 Å². The zero-order valence-corrected chi connectivity index (χ0v) is 17.2. The quantitative estimate of drug-likeness (QED) is 0.686. The largest absolute Gasteiger partial charge is 0.459 e. The number of likely N-dealkylation sites (tertiary alicyclic amines) is 1. The second kappa shape index (κ2) is 8.25. The summed E-state index contributed by atoms with van der Waals surface area (Å²) in [4.78, 5) is 14.6. The number of ether oxygens (including phenoxy) is 1. The van der Waals surface area contributed by atoms with Gasteiger partial charge < -0.3 is 14.5 Å². The second-order valence-corrected chi connectivity index (χ2v) is 8.61. The van der Waals surface area contributed by atoms with Gasteiger partial charge in [0.05, 0.1) is 18.0 Å². The summed E-state index contributed by atoms with van der Waals surface area (Å²) in [6.45, 7) is 3.64. The third-order valence-corrected chi connectivity index (χ3v) is 6.56. The lowest BCUT2D eigenvalue weighted by atomic mass is 9.88. The van der Waals surface area contributed by atoms with Gasteiger partial charge in [0.1, 0.15) is 0 Å². The molecule has 1 amide bonds. The number of hydrogen-bond donors (Lipinski definition) is 1. The molecule has 156 valence electrons. The van der Waals surface area contributed by atoms with E-state index in [1.807, 2.05) is 0 Å². The molecule has 1 aromatic heterocycles. The third-order valence-electron chi connectivity index (χ3n) is 6.56. The van der Waals surface area contributed by atoms with Gasteiger partial charge in [0.2, 0.25) is 0 Å². The topological polar surface area (TPSA) is 54.7 Å². The Hall–Kier alpha value is -2.63. The Balaban J connectivity index is 1.11. The Morgan fingerprint density at radius 2 is 1.87 bits per heavy atom. The van der Waals surface area contributed by atoms with Gasteiger partial charge >= 0.3 is 0 Å². The molecule has 0 radical (unpaired) electrons. The molecule has 3 aromatic rings. The molecule has 2 fully saturated rings. The van der Waals surface area contributed by atoms with Crippen LogP contribution in [0.4, 0.5) is 0 Å². The van der Waals surface area contributed by atoms with E-state index in [4.69, 9.17) is 9.15 Å². The number of benzene rings is 2. The number of amides is 1. The SMILES string of the molecule is O=C(NC[C@H]1CCC2(CCN(Cc3ccc4ccccc4c3)CC2)O1)c1ccco1. The zero-order valence-electron chi connectivity index (χ0n) is 17.2. The van der Waals surface area contributed by atoms with Gasteiger partial charge in [-0.2, -0.15) is 0 Å². The molecule has 0 bridgehead atoms. The maximum atomic E-state index is 12.1. The second-order valence-electron chi connectivity index (χ2n) is 8.61. The van der Waals surface area contributed by atoms with Crippen LogP contribution in [0.2, 0.25) is 0 Å². The Morgan fingerprint density at radius 3 is 2.67 bits per heavy atom. The molecule has 1 N–H and O–H groups in total. The van der Waals surface area contributed by atoms with Crippen molar-refractivity contribution in [1.82, 2.24) is 10.2 Å². The summed E-state index contributed by atoms with van der Waals surface area (Å²) in [5.74, 6) is 0.180. The Labute approximate surface area is 177 Å². The molecule has 5 rings (SSSR count). The van der Waals surface area contributed by atoms with E-state index >= 15 is 0 Å². The molecule has 0 saturated carbocycles. The predicted octanol–water partition coefficient (Wildman–Crippen LogP) is 4.38. The molecular weight excluding hydrogens is 376 g/mol. The third kappa shape index (κ3) is 4.13. The molecule has 3 heterocycles. The number of furan rings is 1. The minimum absolute atomic E-state index is 0.0139. The molecule has 30 heavy (non-hydrogen) atoms. The highest BCUT2D eigenvalue weighted by atomic mass is 16.5. The van der Waals surface area contributed by atoms with Gasteiger partial charge in [-0.3, -0.25) is 9.69 Å². The molecular formula is C25H28N2O3. The summed E-state index contributed by atoms with van der Waals surface area (Å²) >= 11 is 0. The van der Waals surface area contributed by atoms with Crippen LogP contribution in [-0.2, 0) is 11.3 Å². The van der Waals surface area contributed by atoms with Gasteiger partial charge in [-0.15, -0.1) is 0 Å². The number of rotatable bonds is 5. The van der Waals surface area contributed by atoms with Crippen molar-refractivity contribution in [3.05, 3.63) is 72.2 Å². The molecule has 5 nitrogen and oxygen atoms in total. The summed E-state index contributed by atoms with van der Waals surface area (Å²) < 4.78 is 11.6. The highest BCUT2D eigenvalue weighted by Gasteiger charge is 2.42. The van der Waals surface area contributed by atoms with E-state index in [1.54, 1.807) is 12.1 Å². The summed E-state index contributed by atoms with van der Waals surface area (Å²) in [7, 11) is 0. The average molecular weight is 405 g/mol. The van der Waals surface area contributed by atoms with Crippen molar-refractivity contribution >= 4 is 16.7 Å². The maximum absolute atomic E-state index is 12.1. The number of nitrogens with zero attached hydrogens (tertiary/aromatic N) is 1. The molecule has 2 saturated heterocycles. The van der Waals surface area contributed by atoms with E-state index in [2.05, 4.69) is 52.7 Å². The van der Waals surface area contributed by atoms with Crippen molar-refractivity contribution in [3.63, 3.8) is 0 Å². The number of fused-ring (bicyclic) bond motifs is 1. The first-order valence-electron chi connectivity index (χ1n) is 10.9. The minimum atomic E-state index is -0.172. The van der Waals surface area contributed by atoms with Gasteiger partial charge in [-0.1, -0.05) is 36.4 Å². The Kier molecular flexibility index (Phi) is 5.32. The van der Waals surface area contributed by atoms with Gasteiger partial charge in [-0.05, 0) is 60.2 Å². The average Bonchev–Trinajstić information content (AvgIpc) is 3.45. The summed E-state index contributed by atoms with van der Waals surface area (Å²) in [5, 5.41) is 5.54. The first-order chi connectivity index (χ1) is 14.7. The Bertz CT molecular complexity index is 1010. The van der Waals surface area contributed by atoms with Crippen LogP contribution in [0, 0.1) is 0 Å². The first kappa shape index (κ1) is 19.3. The van der Waals surface area contributed by atoms with Crippen LogP contribution < -0.4 is 5.32 Å². The molecule has 5 heteroatoms. The van der Waals surface area contributed by atoms with Crippen LogP contribution >= 0.6 is 0 Å². The van der Waals surface area contributed by atoms with Crippen molar-refractivity contribution < 1.29 is 13.9 Å². The van der Waals surface area contributed by atoms with Crippen LogP contribution in [0.25, 0.3) is 10.8 Å². The number of nitrogens with one attached hydrogen (secondary N) is 1. The van der Waals surface area contributed by atoms with Gasteiger partial charge in [0, 0.05) is 26.2 Å².